The molecule has 9 heteroatoms. The standard InChI is InChI=1S/C40H43ClN2O6/c1-25(2)24-48-39(47)43-23-30-21-34(49-33-18-13-31(14-19-33)40(3,4)5)17-12-29(30)22-36(43)37(44)42-35(38(45)46)20-26-6-8-27(9-7-26)28-10-15-32(41)16-11-28/h6-19,21,25,35-36H,20,22-24H2,1-5H3,(H,42,44)(H,45,46)/t35-,36-/m0/s1. The summed E-state index contributed by atoms with van der Waals surface area (Å²) in [4.78, 5) is 40.9. The minimum Gasteiger partial charge on any atom is -0.480 e. The van der Waals surface area contributed by atoms with Gasteiger partial charge in [-0.25, -0.2) is 9.59 Å². The molecule has 0 unspecified atom stereocenters. The zero-order chi connectivity index (χ0) is 35.3. The molecule has 0 bridgehead atoms. The number of nitrogens with zero attached hydrogens (tertiary/aromatic N) is 1. The van der Waals surface area contributed by atoms with Crippen molar-refractivity contribution >= 4 is 29.6 Å². The maximum absolute atomic E-state index is 13.8. The van der Waals surface area contributed by atoms with Gasteiger partial charge in [0.2, 0.25) is 5.91 Å². The first-order chi connectivity index (χ1) is 23.3. The van der Waals surface area contributed by atoms with Crippen molar-refractivity contribution in [3.63, 3.8) is 0 Å². The maximum Gasteiger partial charge on any atom is 0.410 e. The van der Waals surface area contributed by atoms with Crippen LogP contribution < -0.4 is 10.1 Å². The third-order valence-electron chi connectivity index (χ3n) is 8.53. The number of amides is 2. The summed E-state index contributed by atoms with van der Waals surface area (Å²) in [6.45, 7) is 10.6. The van der Waals surface area contributed by atoms with Crippen molar-refractivity contribution in [1.29, 1.82) is 0 Å². The minimum absolute atomic E-state index is 0.0232. The van der Waals surface area contributed by atoms with Crippen molar-refractivity contribution < 1.29 is 29.0 Å². The van der Waals surface area contributed by atoms with E-state index in [1.165, 1.54) is 10.5 Å². The van der Waals surface area contributed by atoms with Gasteiger partial charge < -0.3 is 19.9 Å². The van der Waals surface area contributed by atoms with Crippen LogP contribution in [-0.2, 0) is 39.1 Å². The number of fused-ring (bicyclic) bond motifs is 1. The van der Waals surface area contributed by atoms with E-state index in [9.17, 15) is 19.5 Å². The van der Waals surface area contributed by atoms with Crippen LogP contribution in [0.15, 0.2) is 91.0 Å². The van der Waals surface area contributed by atoms with Gasteiger partial charge in [-0.2, -0.15) is 0 Å². The summed E-state index contributed by atoms with van der Waals surface area (Å²) >= 11 is 6.01. The summed E-state index contributed by atoms with van der Waals surface area (Å²) in [6, 6.07) is 26.3. The molecule has 0 aromatic heterocycles. The second-order valence-corrected chi connectivity index (χ2v) is 14.4. The highest BCUT2D eigenvalue weighted by Gasteiger charge is 2.37. The number of carboxylic acids is 1. The Morgan fingerprint density at radius 3 is 2.08 bits per heavy atom. The van der Waals surface area contributed by atoms with E-state index < -0.39 is 30.1 Å². The molecule has 0 fully saturated rings. The van der Waals surface area contributed by atoms with E-state index in [-0.39, 0.29) is 37.3 Å². The van der Waals surface area contributed by atoms with Gasteiger partial charge in [0, 0.05) is 17.9 Å². The number of carbonyl (C=O) groups excluding carboxylic acids is 2. The van der Waals surface area contributed by atoms with Crippen molar-refractivity contribution in [2.75, 3.05) is 6.61 Å². The summed E-state index contributed by atoms with van der Waals surface area (Å²) in [7, 11) is 0. The largest absolute Gasteiger partial charge is 0.480 e. The molecular formula is C40H43ClN2O6. The Kier molecular flexibility index (Phi) is 11.0. The number of aliphatic carboxylic acids is 1. The van der Waals surface area contributed by atoms with E-state index in [0.717, 1.165) is 27.8 Å². The normalized spacial score (nSPS) is 14.9. The van der Waals surface area contributed by atoms with Crippen LogP contribution in [0.4, 0.5) is 4.79 Å². The fourth-order valence-corrected chi connectivity index (χ4v) is 5.84. The van der Waals surface area contributed by atoms with Gasteiger partial charge in [-0.3, -0.25) is 9.69 Å². The lowest BCUT2D eigenvalue weighted by molar-refractivity contribution is -0.142. The molecule has 1 heterocycles. The Morgan fingerprint density at radius 1 is 0.878 bits per heavy atom. The van der Waals surface area contributed by atoms with Crippen LogP contribution in [0.2, 0.25) is 5.02 Å². The number of nitrogens with one attached hydrogen (secondary N) is 1. The fourth-order valence-electron chi connectivity index (χ4n) is 5.71. The first-order valence-corrected chi connectivity index (χ1v) is 16.9. The molecule has 256 valence electrons. The van der Waals surface area contributed by atoms with Gasteiger partial charge in [0.25, 0.3) is 0 Å². The van der Waals surface area contributed by atoms with Gasteiger partial charge in [-0.15, -0.1) is 0 Å². The number of carbonyl (C=O) groups is 3. The maximum atomic E-state index is 13.8. The molecule has 0 spiro atoms. The van der Waals surface area contributed by atoms with Gasteiger partial charge in [0.1, 0.15) is 23.6 Å². The quantitative estimate of drug-likeness (QED) is 0.174. The molecule has 1 aliphatic rings. The average Bonchev–Trinajstić information content (AvgIpc) is 3.06. The molecule has 2 N–H and O–H groups in total. The number of ether oxygens (including phenoxy) is 2. The highest BCUT2D eigenvalue weighted by molar-refractivity contribution is 6.30. The van der Waals surface area contributed by atoms with Gasteiger partial charge in [-0.05, 0) is 81.1 Å². The molecule has 49 heavy (non-hydrogen) atoms. The monoisotopic (exact) mass is 682 g/mol. The zero-order valence-electron chi connectivity index (χ0n) is 28.5. The number of carboxylic acid groups (broad SMARTS) is 1. The van der Waals surface area contributed by atoms with Crippen molar-refractivity contribution in [3.8, 4) is 22.6 Å². The Morgan fingerprint density at radius 2 is 1.49 bits per heavy atom. The van der Waals surface area contributed by atoms with E-state index in [0.29, 0.717) is 16.5 Å². The zero-order valence-corrected chi connectivity index (χ0v) is 29.3. The Labute approximate surface area is 293 Å². The number of halogens is 1. The summed E-state index contributed by atoms with van der Waals surface area (Å²) in [5.41, 5.74) is 5.60. The lowest BCUT2D eigenvalue weighted by Gasteiger charge is -2.36. The van der Waals surface area contributed by atoms with E-state index in [1.54, 1.807) is 0 Å². The lowest BCUT2D eigenvalue weighted by atomic mass is 9.87. The first-order valence-electron chi connectivity index (χ1n) is 16.5. The van der Waals surface area contributed by atoms with Gasteiger partial charge in [0.05, 0.1) is 13.2 Å². The third kappa shape index (κ3) is 9.21. The number of hydrogen-bond donors (Lipinski definition) is 2. The van der Waals surface area contributed by atoms with Crippen LogP contribution in [0, 0.1) is 5.92 Å². The van der Waals surface area contributed by atoms with Crippen LogP contribution in [0.1, 0.15) is 56.9 Å². The number of hydrogen-bond acceptors (Lipinski definition) is 5. The molecule has 0 aliphatic carbocycles. The predicted octanol–water partition coefficient (Wildman–Crippen LogP) is 8.43. The van der Waals surface area contributed by atoms with E-state index in [4.69, 9.17) is 21.1 Å². The smallest absolute Gasteiger partial charge is 0.410 e. The predicted molar refractivity (Wildman–Crippen MR) is 191 cm³/mol. The summed E-state index contributed by atoms with van der Waals surface area (Å²) < 4.78 is 11.7. The minimum atomic E-state index is -1.20. The summed E-state index contributed by atoms with van der Waals surface area (Å²) in [5.74, 6) is -0.336. The second-order valence-electron chi connectivity index (χ2n) is 13.9. The first kappa shape index (κ1) is 35.5. The highest BCUT2D eigenvalue weighted by atomic mass is 35.5. The summed E-state index contributed by atoms with van der Waals surface area (Å²) in [5, 5.41) is 13.4. The molecule has 0 radical (unpaired) electrons. The van der Waals surface area contributed by atoms with Crippen molar-refractivity contribution in [1.82, 2.24) is 10.2 Å². The number of rotatable bonds is 10. The van der Waals surface area contributed by atoms with Gasteiger partial charge in [0.15, 0.2) is 0 Å². The molecule has 2 atom stereocenters. The Balaban J connectivity index is 1.32. The molecule has 4 aromatic carbocycles. The molecule has 5 rings (SSSR count). The third-order valence-corrected chi connectivity index (χ3v) is 8.78. The van der Waals surface area contributed by atoms with Crippen LogP contribution in [0.5, 0.6) is 11.5 Å². The van der Waals surface area contributed by atoms with Crippen molar-refractivity contribution in [3.05, 3.63) is 118 Å². The topological polar surface area (TPSA) is 105 Å². The van der Waals surface area contributed by atoms with Gasteiger partial charge in [-0.1, -0.05) is 101 Å². The Bertz CT molecular complexity index is 1780. The van der Waals surface area contributed by atoms with Gasteiger partial charge >= 0.3 is 12.1 Å². The lowest BCUT2D eigenvalue weighted by Crippen LogP contribution is -2.56. The SMILES string of the molecule is CC(C)COC(=O)N1Cc2cc(Oc3ccc(C(C)(C)C)cc3)ccc2C[C@H]1C(=O)N[C@@H](Cc1ccc(-c2ccc(Cl)cc2)cc1)C(=O)O. The van der Waals surface area contributed by atoms with Crippen LogP contribution >= 0.6 is 11.6 Å². The molecular weight excluding hydrogens is 640 g/mol. The van der Waals surface area contributed by atoms with E-state index in [2.05, 4.69) is 26.1 Å². The molecule has 4 aromatic rings. The Hall–Kier alpha value is -4.82. The molecule has 1 aliphatic heterocycles. The number of benzene rings is 4. The van der Waals surface area contributed by atoms with Crippen LogP contribution in [0.3, 0.4) is 0 Å². The van der Waals surface area contributed by atoms with Crippen molar-refractivity contribution in [2.45, 2.75) is 71.5 Å². The van der Waals surface area contributed by atoms with Crippen LogP contribution in [-0.4, -0.2) is 46.7 Å². The molecule has 8 nitrogen and oxygen atoms in total. The fraction of sp³-hybridized carbons (Fsp3) is 0.325. The molecule has 0 saturated carbocycles. The molecule has 0 saturated heterocycles. The molecule has 2 amide bonds. The van der Waals surface area contributed by atoms with E-state index >= 15 is 0 Å². The average molecular weight is 683 g/mol. The van der Waals surface area contributed by atoms with E-state index in [1.807, 2.05) is 105 Å². The highest BCUT2D eigenvalue weighted by Crippen LogP contribution is 2.32. The van der Waals surface area contributed by atoms with Crippen LogP contribution in [0.25, 0.3) is 11.1 Å². The summed E-state index contributed by atoms with van der Waals surface area (Å²) in [6.07, 6.45) is -0.366. The van der Waals surface area contributed by atoms with Crippen molar-refractivity contribution in [2.24, 2.45) is 5.92 Å². The second kappa shape index (κ2) is 15.2.